The van der Waals surface area contributed by atoms with Crippen molar-refractivity contribution in [2.45, 2.75) is 77.2 Å². The van der Waals surface area contributed by atoms with Gasteiger partial charge in [0.15, 0.2) is 0 Å². The Morgan fingerprint density at radius 3 is 2.70 bits per heavy atom. The van der Waals surface area contributed by atoms with Gasteiger partial charge in [0, 0.05) is 12.7 Å². The Kier molecular flexibility index (Phi) is 5.20. The van der Waals surface area contributed by atoms with Gasteiger partial charge in [0.05, 0.1) is 5.60 Å². The minimum absolute atomic E-state index is 0.0360. The lowest BCUT2D eigenvalue weighted by atomic mass is 9.49. The van der Waals surface area contributed by atoms with Crippen LogP contribution in [-0.2, 0) is 0 Å². The first kappa shape index (κ1) is 20.5. The Morgan fingerprint density at radius 2 is 1.90 bits per heavy atom. The molecule has 0 unspecified atom stereocenters. The second-order valence-corrected chi connectivity index (χ2v) is 11.4. The van der Waals surface area contributed by atoms with E-state index < -0.39 is 5.60 Å². The molecule has 4 aliphatic carbocycles. The van der Waals surface area contributed by atoms with E-state index in [-0.39, 0.29) is 5.91 Å². The molecule has 8 atom stereocenters. The van der Waals surface area contributed by atoms with Crippen LogP contribution in [0.1, 0.15) is 82.1 Å². The summed E-state index contributed by atoms with van der Waals surface area (Å²) in [5.74, 6) is 4.69. The van der Waals surface area contributed by atoms with Gasteiger partial charge in [-0.25, -0.2) is 0 Å². The molecule has 4 heteroatoms. The fraction of sp³-hybridized carbons (Fsp3) is 0.769. The summed E-state index contributed by atoms with van der Waals surface area (Å²) in [6, 6.07) is 5.51. The van der Waals surface area contributed by atoms with Crippen LogP contribution < -0.4 is 5.32 Å². The van der Waals surface area contributed by atoms with Gasteiger partial charge in [-0.2, -0.15) is 0 Å². The molecule has 2 N–H and O–H groups in total. The van der Waals surface area contributed by atoms with Crippen molar-refractivity contribution in [1.29, 1.82) is 0 Å². The van der Waals surface area contributed by atoms with E-state index in [1.807, 2.05) is 19.1 Å². The first-order valence-electron chi connectivity index (χ1n) is 12.3. The lowest BCUT2D eigenvalue weighted by molar-refractivity contribution is -0.0993. The Bertz CT molecular complexity index is 778. The highest BCUT2D eigenvalue weighted by Crippen LogP contribution is 2.64. The fourth-order valence-electron chi connectivity index (χ4n) is 8.33. The highest BCUT2D eigenvalue weighted by molar-refractivity contribution is 5.92. The zero-order valence-corrected chi connectivity index (χ0v) is 18.6. The summed E-state index contributed by atoms with van der Waals surface area (Å²) in [6.07, 6.45) is 12.8. The first-order chi connectivity index (χ1) is 14.4. The number of carbonyl (C=O) groups excluding carboxylic acids is 1. The highest BCUT2D eigenvalue weighted by Gasteiger charge is 2.57. The Morgan fingerprint density at radius 1 is 1.07 bits per heavy atom. The molecule has 30 heavy (non-hydrogen) atoms. The number of hydrogen-bond acceptors (Lipinski definition) is 3. The third-order valence-corrected chi connectivity index (χ3v) is 9.84. The van der Waals surface area contributed by atoms with Crippen molar-refractivity contribution in [2.75, 3.05) is 6.54 Å². The maximum absolute atomic E-state index is 12.5. The van der Waals surface area contributed by atoms with Crippen molar-refractivity contribution in [3.05, 3.63) is 30.1 Å². The molecule has 0 aliphatic heterocycles. The van der Waals surface area contributed by atoms with Crippen molar-refractivity contribution in [1.82, 2.24) is 10.3 Å². The van der Waals surface area contributed by atoms with Crippen LogP contribution in [0.25, 0.3) is 0 Å². The molecule has 0 bridgehead atoms. The zero-order valence-electron chi connectivity index (χ0n) is 18.6. The molecule has 164 valence electrons. The predicted octanol–water partition coefficient (Wildman–Crippen LogP) is 4.83. The SMILES string of the molecule is C[C@@]1(O)CC[C@H]2[C@H](CC[C@@H]3[C@@H]2CC[C@]2(C)[C@@H](CNC(=O)c4ccccn4)CC[C@@H]32)C1. The third kappa shape index (κ3) is 3.49. The number of aliphatic hydroxyl groups is 1. The molecule has 4 nitrogen and oxygen atoms in total. The number of nitrogens with zero attached hydrogens (tertiary/aromatic N) is 1. The van der Waals surface area contributed by atoms with Crippen LogP contribution in [0.15, 0.2) is 24.4 Å². The quantitative estimate of drug-likeness (QED) is 0.750. The molecule has 5 rings (SSSR count). The topological polar surface area (TPSA) is 62.2 Å². The fourth-order valence-corrected chi connectivity index (χ4v) is 8.33. The first-order valence-corrected chi connectivity index (χ1v) is 12.3. The van der Waals surface area contributed by atoms with Crippen molar-refractivity contribution in [3.63, 3.8) is 0 Å². The van der Waals surface area contributed by atoms with E-state index in [4.69, 9.17) is 0 Å². The molecule has 4 fully saturated rings. The normalized spacial score (nSPS) is 45.2. The second kappa shape index (κ2) is 7.62. The van der Waals surface area contributed by atoms with Gasteiger partial charge in [0.2, 0.25) is 0 Å². The van der Waals surface area contributed by atoms with E-state index in [2.05, 4.69) is 17.2 Å². The summed E-state index contributed by atoms with van der Waals surface area (Å²) in [5, 5.41) is 13.8. The van der Waals surface area contributed by atoms with E-state index in [0.717, 1.165) is 49.0 Å². The van der Waals surface area contributed by atoms with E-state index in [1.54, 1.807) is 12.3 Å². The van der Waals surface area contributed by atoms with Gasteiger partial charge in [-0.15, -0.1) is 0 Å². The molecule has 4 aliphatic rings. The smallest absolute Gasteiger partial charge is 0.269 e. The maximum Gasteiger partial charge on any atom is 0.269 e. The van der Waals surface area contributed by atoms with E-state index >= 15 is 0 Å². The van der Waals surface area contributed by atoms with E-state index in [1.165, 1.54) is 44.9 Å². The van der Waals surface area contributed by atoms with Gasteiger partial charge >= 0.3 is 0 Å². The number of hydrogen-bond donors (Lipinski definition) is 2. The third-order valence-electron chi connectivity index (χ3n) is 9.84. The number of carbonyl (C=O) groups is 1. The second-order valence-electron chi connectivity index (χ2n) is 11.4. The van der Waals surface area contributed by atoms with Crippen LogP contribution >= 0.6 is 0 Å². The zero-order chi connectivity index (χ0) is 20.9. The van der Waals surface area contributed by atoms with Crippen molar-refractivity contribution >= 4 is 5.91 Å². The molecule has 0 saturated heterocycles. The Hall–Kier alpha value is -1.42. The lowest BCUT2D eigenvalue weighted by Gasteiger charge is -2.57. The monoisotopic (exact) mass is 410 g/mol. The molecule has 0 spiro atoms. The van der Waals surface area contributed by atoms with Crippen molar-refractivity contribution < 1.29 is 9.90 Å². The lowest BCUT2D eigenvalue weighted by Crippen LogP contribution is -2.51. The highest BCUT2D eigenvalue weighted by atomic mass is 16.3. The molecule has 0 aromatic carbocycles. The molecule has 1 aromatic heterocycles. The Labute approximate surface area is 181 Å². The number of pyridine rings is 1. The van der Waals surface area contributed by atoms with Gasteiger partial charge in [0.25, 0.3) is 5.91 Å². The number of fused-ring (bicyclic) bond motifs is 5. The molecule has 4 saturated carbocycles. The molecular formula is C26H38N2O2. The summed E-state index contributed by atoms with van der Waals surface area (Å²) in [5.41, 5.74) is 0.458. The number of nitrogens with one attached hydrogen (secondary N) is 1. The van der Waals surface area contributed by atoms with Gasteiger partial charge in [-0.05, 0) is 118 Å². The maximum atomic E-state index is 12.5. The molecule has 1 heterocycles. The van der Waals surface area contributed by atoms with Gasteiger partial charge in [-0.1, -0.05) is 13.0 Å². The summed E-state index contributed by atoms with van der Waals surface area (Å²) < 4.78 is 0. The van der Waals surface area contributed by atoms with Crippen LogP contribution in [0, 0.1) is 40.9 Å². The van der Waals surface area contributed by atoms with Crippen molar-refractivity contribution in [2.24, 2.45) is 40.9 Å². The minimum atomic E-state index is -0.429. The summed E-state index contributed by atoms with van der Waals surface area (Å²) in [7, 11) is 0. The number of amides is 1. The van der Waals surface area contributed by atoms with Crippen LogP contribution in [0.4, 0.5) is 0 Å². The van der Waals surface area contributed by atoms with Crippen LogP contribution in [0.5, 0.6) is 0 Å². The van der Waals surface area contributed by atoms with E-state index in [9.17, 15) is 9.90 Å². The Balaban J connectivity index is 1.25. The van der Waals surface area contributed by atoms with Crippen LogP contribution in [0.2, 0.25) is 0 Å². The number of rotatable bonds is 3. The van der Waals surface area contributed by atoms with Gasteiger partial charge < -0.3 is 10.4 Å². The van der Waals surface area contributed by atoms with Crippen LogP contribution in [-0.4, -0.2) is 28.1 Å². The standard InChI is InChI=1S/C26H38N2O2/c1-25(30)12-10-19-17(15-25)6-8-21-20(19)11-13-26(2)18(7-9-22(21)26)16-28-24(29)23-5-3-4-14-27-23/h3-5,14,17-22,30H,6-13,15-16H2,1-2H3,(H,28,29)/t17-,18-,19+,20-,21-,22+,25-,26-/m1/s1. The van der Waals surface area contributed by atoms with E-state index in [0.29, 0.717) is 17.0 Å². The average Bonchev–Trinajstić information content (AvgIpc) is 3.08. The number of aromatic nitrogens is 1. The molecule has 1 aromatic rings. The van der Waals surface area contributed by atoms with Crippen molar-refractivity contribution in [3.8, 4) is 0 Å². The molecular weight excluding hydrogens is 372 g/mol. The van der Waals surface area contributed by atoms with Crippen LogP contribution in [0.3, 0.4) is 0 Å². The molecule has 1 amide bonds. The molecule has 0 radical (unpaired) electrons. The summed E-state index contributed by atoms with van der Waals surface area (Å²) >= 11 is 0. The van der Waals surface area contributed by atoms with Gasteiger partial charge in [-0.3, -0.25) is 9.78 Å². The predicted molar refractivity (Wildman–Crippen MR) is 118 cm³/mol. The summed E-state index contributed by atoms with van der Waals surface area (Å²) in [6.45, 7) is 5.36. The largest absolute Gasteiger partial charge is 0.390 e. The van der Waals surface area contributed by atoms with Gasteiger partial charge in [0.1, 0.15) is 5.69 Å². The summed E-state index contributed by atoms with van der Waals surface area (Å²) in [4.78, 5) is 16.7. The average molecular weight is 411 g/mol. The minimum Gasteiger partial charge on any atom is -0.390 e.